The van der Waals surface area contributed by atoms with Crippen LogP contribution in [-0.4, -0.2) is 65.1 Å². The van der Waals surface area contributed by atoms with Gasteiger partial charge in [0.25, 0.3) is 5.91 Å². The number of fused-ring (bicyclic) bond motifs is 2. The third-order valence-corrected chi connectivity index (χ3v) is 6.39. The number of aromatic nitrogens is 1. The van der Waals surface area contributed by atoms with Crippen molar-refractivity contribution in [2.24, 2.45) is 0 Å². The summed E-state index contributed by atoms with van der Waals surface area (Å²) < 4.78 is 11.6. The lowest BCUT2D eigenvalue weighted by atomic mass is 10.1. The van der Waals surface area contributed by atoms with E-state index in [9.17, 15) is 4.79 Å². The largest absolute Gasteiger partial charge is 0.435 e. The summed E-state index contributed by atoms with van der Waals surface area (Å²) >= 11 is 0. The van der Waals surface area contributed by atoms with Crippen LogP contribution in [0.1, 0.15) is 80.4 Å². The first kappa shape index (κ1) is 18.9. The minimum Gasteiger partial charge on any atom is -0.435 e. The fraction of sp³-hybridized carbons (Fsp3) is 0.810. The summed E-state index contributed by atoms with van der Waals surface area (Å²) in [6, 6.07) is 0.628. The second-order valence-corrected chi connectivity index (χ2v) is 8.73. The van der Waals surface area contributed by atoms with Gasteiger partial charge in [0.15, 0.2) is 5.89 Å². The van der Waals surface area contributed by atoms with Crippen LogP contribution in [0.2, 0.25) is 0 Å². The highest BCUT2D eigenvalue weighted by atomic mass is 16.5. The van der Waals surface area contributed by atoms with Crippen molar-refractivity contribution < 1.29 is 13.9 Å². The number of hydrogen-bond donors (Lipinski definition) is 0. The van der Waals surface area contributed by atoms with Gasteiger partial charge in [-0.05, 0) is 45.4 Å². The summed E-state index contributed by atoms with van der Waals surface area (Å²) in [4.78, 5) is 22.4. The second-order valence-electron chi connectivity index (χ2n) is 8.73. The molecule has 3 fully saturated rings. The van der Waals surface area contributed by atoms with Crippen LogP contribution in [-0.2, 0) is 4.74 Å². The van der Waals surface area contributed by atoms with E-state index in [-0.39, 0.29) is 11.8 Å². The molecule has 0 saturated carbocycles. The second kappa shape index (κ2) is 7.92. The Kier molecular flexibility index (Phi) is 5.55. The molecule has 6 heteroatoms. The Labute approximate surface area is 162 Å². The Balaban J connectivity index is 1.43. The molecule has 27 heavy (non-hydrogen) atoms. The van der Waals surface area contributed by atoms with Crippen molar-refractivity contribution in [1.82, 2.24) is 14.8 Å². The normalized spacial score (nSPS) is 28.9. The van der Waals surface area contributed by atoms with Gasteiger partial charge >= 0.3 is 0 Å². The van der Waals surface area contributed by atoms with E-state index in [4.69, 9.17) is 9.15 Å². The fourth-order valence-electron chi connectivity index (χ4n) is 4.86. The minimum absolute atomic E-state index is 0.0420. The number of ether oxygens (including phenoxy) is 1. The van der Waals surface area contributed by atoms with Gasteiger partial charge in [-0.2, -0.15) is 0 Å². The molecule has 3 saturated heterocycles. The highest BCUT2D eigenvalue weighted by molar-refractivity contribution is 5.93. The van der Waals surface area contributed by atoms with Gasteiger partial charge in [-0.15, -0.1) is 0 Å². The van der Waals surface area contributed by atoms with Crippen molar-refractivity contribution in [1.29, 1.82) is 0 Å². The first-order valence-corrected chi connectivity index (χ1v) is 10.7. The van der Waals surface area contributed by atoms with Crippen molar-refractivity contribution in [3.63, 3.8) is 0 Å². The summed E-state index contributed by atoms with van der Waals surface area (Å²) in [5.74, 6) is 1.35. The molecular weight excluding hydrogens is 342 g/mol. The van der Waals surface area contributed by atoms with E-state index in [1.54, 1.807) is 0 Å². The molecule has 4 heterocycles. The summed E-state index contributed by atoms with van der Waals surface area (Å²) in [5.41, 5.74) is 0.725. The van der Waals surface area contributed by atoms with Gasteiger partial charge < -0.3 is 19.0 Å². The predicted molar refractivity (Wildman–Crippen MR) is 103 cm³/mol. The van der Waals surface area contributed by atoms with Crippen molar-refractivity contribution >= 4 is 5.91 Å². The number of hydrogen-bond acceptors (Lipinski definition) is 5. The summed E-state index contributed by atoms with van der Waals surface area (Å²) in [6.07, 6.45) is 7.22. The van der Waals surface area contributed by atoms with Crippen LogP contribution in [0, 0.1) is 6.92 Å². The Morgan fingerprint density at radius 3 is 2.74 bits per heavy atom. The first-order chi connectivity index (χ1) is 13.0. The van der Waals surface area contributed by atoms with E-state index in [0.29, 0.717) is 29.8 Å². The van der Waals surface area contributed by atoms with Gasteiger partial charge in [-0.3, -0.25) is 4.79 Å². The molecule has 0 aromatic carbocycles. The monoisotopic (exact) mass is 375 g/mol. The van der Waals surface area contributed by atoms with E-state index >= 15 is 0 Å². The Hall–Kier alpha value is -1.40. The van der Waals surface area contributed by atoms with Crippen LogP contribution in [0.15, 0.2) is 4.42 Å². The highest BCUT2D eigenvalue weighted by Gasteiger charge is 2.42. The van der Waals surface area contributed by atoms with Crippen LogP contribution in [0.4, 0.5) is 0 Å². The van der Waals surface area contributed by atoms with E-state index in [1.807, 2.05) is 20.8 Å². The quantitative estimate of drug-likeness (QED) is 0.790. The molecule has 3 aliphatic rings. The zero-order valence-corrected chi connectivity index (χ0v) is 16.9. The van der Waals surface area contributed by atoms with E-state index in [2.05, 4.69) is 14.8 Å². The highest BCUT2D eigenvalue weighted by Crippen LogP contribution is 2.33. The summed E-state index contributed by atoms with van der Waals surface area (Å²) in [7, 11) is 0. The lowest BCUT2D eigenvalue weighted by molar-refractivity contribution is 0.0627. The third-order valence-electron chi connectivity index (χ3n) is 6.39. The number of likely N-dealkylation sites (tertiary alicyclic amines) is 1. The van der Waals surface area contributed by atoms with Crippen LogP contribution in [0.3, 0.4) is 0 Å². The standard InChI is InChI=1S/C21H33N3O3/c1-14(2)20-22-15(3)19(27-20)21(25)24-16-6-7-17(24)13-23(10-8-16)11-9-18-5-4-12-26-18/h14,16-18H,4-13H2,1-3H3. The van der Waals surface area contributed by atoms with Crippen LogP contribution in [0.25, 0.3) is 0 Å². The van der Waals surface area contributed by atoms with Crippen LogP contribution >= 0.6 is 0 Å². The Bertz CT molecular complexity index is 666. The molecule has 1 amide bonds. The zero-order chi connectivity index (χ0) is 19.0. The predicted octanol–water partition coefficient (Wildman–Crippen LogP) is 3.35. The molecule has 1 aromatic heterocycles. The molecule has 3 aliphatic heterocycles. The molecule has 1 aromatic rings. The average Bonchev–Trinajstić information content (AvgIpc) is 3.32. The molecule has 150 valence electrons. The Morgan fingerprint density at radius 2 is 2.04 bits per heavy atom. The van der Waals surface area contributed by atoms with Gasteiger partial charge in [-0.1, -0.05) is 13.8 Å². The SMILES string of the molecule is Cc1nc(C(C)C)oc1C(=O)N1C2CCC1CN(CCC1CCCO1)CC2. The maximum Gasteiger partial charge on any atom is 0.292 e. The lowest BCUT2D eigenvalue weighted by Gasteiger charge is -2.28. The number of nitrogens with zero attached hydrogens (tertiary/aromatic N) is 3. The minimum atomic E-state index is 0.0420. The van der Waals surface area contributed by atoms with Crippen LogP contribution < -0.4 is 0 Å². The summed E-state index contributed by atoms with van der Waals surface area (Å²) in [6.45, 7) is 10.0. The van der Waals surface area contributed by atoms with Gasteiger partial charge in [0.2, 0.25) is 5.76 Å². The van der Waals surface area contributed by atoms with Crippen molar-refractivity contribution in [2.75, 3.05) is 26.2 Å². The molecule has 3 unspecified atom stereocenters. The molecule has 4 rings (SSSR count). The number of carbonyl (C=O) groups is 1. The average molecular weight is 376 g/mol. The fourth-order valence-corrected chi connectivity index (χ4v) is 4.86. The smallest absolute Gasteiger partial charge is 0.292 e. The summed E-state index contributed by atoms with van der Waals surface area (Å²) in [5, 5.41) is 0. The van der Waals surface area contributed by atoms with Gasteiger partial charge in [0, 0.05) is 44.2 Å². The van der Waals surface area contributed by atoms with E-state index in [0.717, 1.165) is 57.6 Å². The number of oxazole rings is 1. The maximum absolute atomic E-state index is 13.3. The van der Waals surface area contributed by atoms with E-state index < -0.39 is 0 Å². The topological polar surface area (TPSA) is 58.8 Å². The molecule has 0 radical (unpaired) electrons. The van der Waals surface area contributed by atoms with Crippen molar-refractivity contribution in [3.8, 4) is 0 Å². The number of carbonyl (C=O) groups excluding carboxylic acids is 1. The zero-order valence-electron chi connectivity index (χ0n) is 16.9. The van der Waals surface area contributed by atoms with Gasteiger partial charge in [-0.25, -0.2) is 4.98 Å². The molecular formula is C21H33N3O3. The molecule has 0 spiro atoms. The Morgan fingerprint density at radius 1 is 1.22 bits per heavy atom. The molecule has 3 atom stereocenters. The van der Waals surface area contributed by atoms with Gasteiger partial charge in [0.05, 0.1) is 11.8 Å². The van der Waals surface area contributed by atoms with Crippen molar-refractivity contribution in [3.05, 3.63) is 17.3 Å². The molecule has 6 nitrogen and oxygen atoms in total. The van der Waals surface area contributed by atoms with Crippen molar-refractivity contribution in [2.45, 2.75) is 83.4 Å². The molecule has 0 aliphatic carbocycles. The molecule has 2 bridgehead atoms. The first-order valence-electron chi connectivity index (χ1n) is 10.7. The molecule has 0 N–H and O–H groups in total. The van der Waals surface area contributed by atoms with Gasteiger partial charge in [0.1, 0.15) is 0 Å². The number of rotatable bonds is 5. The maximum atomic E-state index is 13.3. The van der Waals surface area contributed by atoms with Crippen LogP contribution in [0.5, 0.6) is 0 Å². The number of amides is 1. The lowest BCUT2D eigenvalue weighted by Crippen LogP contribution is -2.43. The van der Waals surface area contributed by atoms with E-state index in [1.165, 1.54) is 12.8 Å². The number of aryl methyl sites for hydroxylation is 1. The third kappa shape index (κ3) is 3.92.